The summed E-state index contributed by atoms with van der Waals surface area (Å²) >= 11 is 0. The van der Waals surface area contributed by atoms with E-state index in [1.807, 2.05) is 34.6 Å². The zero-order valence-electron chi connectivity index (χ0n) is 13.2. The molecule has 0 radical (unpaired) electrons. The second-order valence-electron chi connectivity index (χ2n) is 6.28. The zero-order valence-corrected chi connectivity index (χ0v) is 13.2. The van der Waals surface area contributed by atoms with E-state index in [2.05, 4.69) is 10.6 Å². The van der Waals surface area contributed by atoms with Gasteiger partial charge in [0.15, 0.2) is 0 Å². The average molecular weight is 272 g/mol. The van der Waals surface area contributed by atoms with E-state index in [1.165, 1.54) is 0 Å². The van der Waals surface area contributed by atoms with Gasteiger partial charge in [-0.15, -0.1) is 0 Å². The molecule has 0 aromatic rings. The first-order chi connectivity index (χ1) is 8.53. The molecule has 0 aliphatic rings. The van der Waals surface area contributed by atoms with E-state index in [0.29, 0.717) is 12.5 Å². The topological polar surface area (TPSA) is 67.4 Å². The summed E-state index contributed by atoms with van der Waals surface area (Å²) in [5.41, 5.74) is -0.518. The van der Waals surface area contributed by atoms with E-state index in [9.17, 15) is 9.59 Å². The molecule has 0 saturated heterocycles. The van der Waals surface area contributed by atoms with Crippen LogP contribution >= 0.6 is 0 Å². The SMILES string of the molecule is CC(C)CNC(=O)C(C)NC(C)C(=O)OC(C)(C)C. The number of carbonyl (C=O) groups excluding carboxylic acids is 2. The number of ether oxygens (including phenoxy) is 1. The van der Waals surface area contributed by atoms with E-state index in [4.69, 9.17) is 4.74 Å². The number of hydrogen-bond donors (Lipinski definition) is 2. The van der Waals surface area contributed by atoms with Crippen LogP contribution in [0, 0.1) is 5.92 Å². The van der Waals surface area contributed by atoms with Gasteiger partial charge in [0, 0.05) is 6.54 Å². The van der Waals surface area contributed by atoms with Crippen LogP contribution in [-0.2, 0) is 14.3 Å². The molecule has 0 spiro atoms. The summed E-state index contributed by atoms with van der Waals surface area (Å²) in [5, 5.41) is 5.76. The minimum atomic E-state index is -0.518. The van der Waals surface area contributed by atoms with Crippen molar-refractivity contribution in [3.05, 3.63) is 0 Å². The highest BCUT2D eigenvalue weighted by molar-refractivity contribution is 5.83. The fourth-order valence-electron chi connectivity index (χ4n) is 1.37. The van der Waals surface area contributed by atoms with Crippen LogP contribution in [0.2, 0.25) is 0 Å². The van der Waals surface area contributed by atoms with Gasteiger partial charge in [-0.05, 0) is 40.5 Å². The van der Waals surface area contributed by atoms with Gasteiger partial charge in [0.2, 0.25) is 5.91 Å². The van der Waals surface area contributed by atoms with E-state index in [1.54, 1.807) is 13.8 Å². The van der Waals surface area contributed by atoms with Gasteiger partial charge < -0.3 is 10.1 Å². The predicted molar refractivity (Wildman–Crippen MR) is 75.8 cm³/mol. The second kappa shape index (κ2) is 7.48. The fraction of sp³-hybridized carbons (Fsp3) is 0.857. The van der Waals surface area contributed by atoms with Crippen LogP contribution in [0.5, 0.6) is 0 Å². The molecule has 0 saturated carbocycles. The fourth-order valence-corrected chi connectivity index (χ4v) is 1.37. The van der Waals surface area contributed by atoms with Crippen LogP contribution < -0.4 is 10.6 Å². The molecule has 1 amide bonds. The highest BCUT2D eigenvalue weighted by atomic mass is 16.6. The Kier molecular flexibility index (Phi) is 7.05. The molecule has 19 heavy (non-hydrogen) atoms. The third-order valence-electron chi connectivity index (χ3n) is 2.34. The first-order valence-corrected chi connectivity index (χ1v) is 6.79. The van der Waals surface area contributed by atoms with Gasteiger partial charge in [0.25, 0.3) is 0 Å². The van der Waals surface area contributed by atoms with Gasteiger partial charge in [-0.1, -0.05) is 13.8 Å². The van der Waals surface area contributed by atoms with Crippen molar-refractivity contribution in [2.45, 2.75) is 66.2 Å². The maximum absolute atomic E-state index is 11.8. The molecule has 0 aromatic carbocycles. The van der Waals surface area contributed by atoms with Crippen molar-refractivity contribution in [3.8, 4) is 0 Å². The minimum Gasteiger partial charge on any atom is -0.459 e. The lowest BCUT2D eigenvalue weighted by Gasteiger charge is -2.24. The summed E-state index contributed by atoms with van der Waals surface area (Å²) in [6, 6.07) is -0.944. The average Bonchev–Trinajstić information content (AvgIpc) is 2.23. The smallest absolute Gasteiger partial charge is 0.323 e. The summed E-state index contributed by atoms with van der Waals surface area (Å²) in [7, 11) is 0. The predicted octanol–water partition coefficient (Wildman–Crippen LogP) is 1.47. The first kappa shape index (κ1) is 17.9. The van der Waals surface area contributed by atoms with Gasteiger partial charge in [0.05, 0.1) is 6.04 Å². The summed E-state index contributed by atoms with van der Waals surface area (Å²) in [6.45, 7) is 13.6. The van der Waals surface area contributed by atoms with Crippen LogP contribution in [0.4, 0.5) is 0 Å². The van der Waals surface area contributed by atoms with Crippen molar-refractivity contribution in [2.75, 3.05) is 6.54 Å². The van der Waals surface area contributed by atoms with Gasteiger partial charge in [-0.3, -0.25) is 14.9 Å². The molecule has 2 atom stereocenters. The van der Waals surface area contributed by atoms with Crippen molar-refractivity contribution < 1.29 is 14.3 Å². The lowest BCUT2D eigenvalue weighted by Crippen LogP contribution is -2.50. The van der Waals surface area contributed by atoms with Crippen LogP contribution in [0.1, 0.15) is 48.5 Å². The van der Waals surface area contributed by atoms with Crippen molar-refractivity contribution in [1.82, 2.24) is 10.6 Å². The lowest BCUT2D eigenvalue weighted by molar-refractivity contribution is -0.157. The van der Waals surface area contributed by atoms with Gasteiger partial charge in [0.1, 0.15) is 11.6 Å². The van der Waals surface area contributed by atoms with Gasteiger partial charge >= 0.3 is 5.97 Å². The summed E-state index contributed by atoms with van der Waals surface area (Å²) in [5.74, 6) is -0.0560. The first-order valence-electron chi connectivity index (χ1n) is 6.79. The molecule has 0 aromatic heterocycles. The molecule has 0 aliphatic heterocycles. The van der Waals surface area contributed by atoms with E-state index in [0.717, 1.165) is 0 Å². The number of rotatable bonds is 6. The highest BCUT2D eigenvalue weighted by Crippen LogP contribution is 2.08. The van der Waals surface area contributed by atoms with Crippen LogP contribution in [0.15, 0.2) is 0 Å². The summed E-state index contributed by atoms with van der Waals surface area (Å²) in [6.07, 6.45) is 0. The standard InChI is InChI=1S/C14H28N2O3/c1-9(2)8-15-12(17)10(3)16-11(4)13(18)19-14(5,6)7/h9-11,16H,8H2,1-7H3,(H,15,17). The zero-order chi connectivity index (χ0) is 15.2. The maximum Gasteiger partial charge on any atom is 0.323 e. The molecule has 0 heterocycles. The highest BCUT2D eigenvalue weighted by Gasteiger charge is 2.24. The molecule has 5 nitrogen and oxygen atoms in total. The normalized spacial score (nSPS) is 14.9. The van der Waals surface area contributed by atoms with Gasteiger partial charge in [-0.2, -0.15) is 0 Å². The number of hydrogen-bond acceptors (Lipinski definition) is 4. The van der Waals surface area contributed by atoms with Crippen molar-refractivity contribution in [2.24, 2.45) is 5.92 Å². The Morgan fingerprint density at radius 2 is 1.58 bits per heavy atom. The van der Waals surface area contributed by atoms with E-state index in [-0.39, 0.29) is 11.9 Å². The maximum atomic E-state index is 11.8. The van der Waals surface area contributed by atoms with E-state index < -0.39 is 17.7 Å². The molecular weight excluding hydrogens is 244 g/mol. The van der Waals surface area contributed by atoms with E-state index >= 15 is 0 Å². The third kappa shape index (κ3) is 8.59. The third-order valence-corrected chi connectivity index (χ3v) is 2.34. The number of amides is 1. The van der Waals surface area contributed by atoms with Crippen molar-refractivity contribution >= 4 is 11.9 Å². The number of carbonyl (C=O) groups is 2. The largest absolute Gasteiger partial charge is 0.459 e. The Balaban J connectivity index is 4.21. The molecular formula is C14H28N2O3. The molecule has 2 unspecified atom stereocenters. The number of nitrogens with one attached hydrogen (secondary N) is 2. The second-order valence-corrected chi connectivity index (χ2v) is 6.28. The van der Waals surface area contributed by atoms with Crippen molar-refractivity contribution in [3.63, 3.8) is 0 Å². The molecule has 0 bridgehead atoms. The lowest BCUT2D eigenvalue weighted by atomic mass is 10.2. The monoisotopic (exact) mass is 272 g/mol. The molecule has 0 rings (SSSR count). The molecule has 112 valence electrons. The Labute approximate surface area is 116 Å². The number of esters is 1. The summed E-state index contributed by atoms with van der Waals surface area (Å²) in [4.78, 5) is 23.5. The minimum absolute atomic E-state index is 0.107. The van der Waals surface area contributed by atoms with Crippen LogP contribution in [0.3, 0.4) is 0 Å². The Hall–Kier alpha value is -1.10. The van der Waals surface area contributed by atoms with Gasteiger partial charge in [-0.25, -0.2) is 0 Å². The Morgan fingerprint density at radius 3 is 2.00 bits per heavy atom. The Morgan fingerprint density at radius 1 is 1.05 bits per heavy atom. The van der Waals surface area contributed by atoms with Crippen LogP contribution in [-0.4, -0.2) is 36.1 Å². The quantitative estimate of drug-likeness (QED) is 0.719. The summed E-state index contributed by atoms with van der Waals surface area (Å²) < 4.78 is 5.25. The molecule has 0 fully saturated rings. The molecule has 2 N–H and O–H groups in total. The Bertz CT molecular complexity index is 308. The molecule has 5 heteroatoms. The molecule has 0 aliphatic carbocycles. The van der Waals surface area contributed by atoms with Crippen LogP contribution in [0.25, 0.3) is 0 Å². The van der Waals surface area contributed by atoms with Crippen molar-refractivity contribution in [1.29, 1.82) is 0 Å².